The molecule has 0 radical (unpaired) electrons. The molecule has 1 atom stereocenters. The van der Waals surface area contributed by atoms with Crippen molar-refractivity contribution in [3.63, 3.8) is 0 Å². The van der Waals surface area contributed by atoms with Crippen LogP contribution in [0.4, 0.5) is 0 Å². The number of nitrogens with one attached hydrogen (secondary N) is 2. The Morgan fingerprint density at radius 3 is 2.36 bits per heavy atom. The van der Waals surface area contributed by atoms with Crippen LogP contribution in [-0.2, 0) is 0 Å². The van der Waals surface area contributed by atoms with Gasteiger partial charge in [-0.1, -0.05) is 45.4 Å². The molecule has 0 aliphatic carbocycles. The van der Waals surface area contributed by atoms with Gasteiger partial charge in [0.2, 0.25) is 0 Å². The van der Waals surface area contributed by atoms with E-state index in [0.29, 0.717) is 0 Å². The van der Waals surface area contributed by atoms with Gasteiger partial charge in [-0.3, -0.25) is 4.99 Å². The Hall–Kier alpha value is -0.0400. The molecular formula is C17H37IN4. The molecular weight excluding hydrogens is 387 g/mol. The van der Waals surface area contributed by atoms with Crippen LogP contribution < -0.4 is 10.6 Å². The summed E-state index contributed by atoms with van der Waals surface area (Å²) >= 11 is 0. The second-order valence-corrected chi connectivity index (χ2v) is 6.42. The molecule has 1 saturated heterocycles. The number of hydrogen-bond donors (Lipinski definition) is 2. The molecule has 1 rings (SSSR count). The number of unbranched alkanes of at least 4 members (excludes halogenated alkanes) is 6. The number of aliphatic imine (C=N–C) groups is 1. The summed E-state index contributed by atoms with van der Waals surface area (Å²) in [7, 11) is 4.06. The summed E-state index contributed by atoms with van der Waals surface area (Å²) in [6.45, 7) is 6.79. The minimum absolute atomic E-state index is 0. The van der Waals surface area contributed by atoms with E-state index >= 15 is 0 Å². The van der Waals surface area contributed by atoms with E-state index in [2.05, 4.69) is 34.5 Å². The SMILES string of the molecule is CCCCCCCCCNC(=NC)NCC1CCN(C)C1.I. The highest BCUT2D eigenvalue weighted by atomic mass is 127. The molecule has 1 unspecified atom stereocenters. The van der Waals surface area contributed by atoms with E-state index in [1.54, 1.807) is 0 Å². The number of halogens is 1. The Morgan fingerprint density at radius 1 is 1.09 bits per heavy atom. The van der Waals surface area contributed by atoms with Crippen molar-refractivity contribution in [2.45, 2.75) is 58.3 Å². The van der Waals surface area contributed by atoms with E-state index in [4.69, 9.17) is 0 Å². The number of nitrogens with zero attached hydrogens (tertiary/aromatic N) is 2. The number of guanidine groups is 1. The van der Waals surface area contributed by atoms with Crippen molar-refractivity contribution in [2.75, 3.05) is 40.3 Å². The zero-order valence-corrected chi connectivity index (χ0v) is 17.2. The van der Waals surface area contributed by atoms with Crippen molar-refractivity contribution in [2.24, 2.45) is 10.9 Å². The van der Waals surface area contributed by atoms with Gasteiger partial charge in [0.25, 0.3) is 0 Å². The predicted molar refractivity (Wildman–Crippen MR) is 108 cm³/mol. The highest BCUT2D eigenvalue weighted by Gasteiger charge is 2.19. The molecule has 0 aromatic heterocycles. The van der Waals surface area contributed by atoms with Crippen molar-refractivity contribution in [1.29, 1.82) is 0 Å². The van der Waals surface area contributed by atoms with E-state index in [0.717, 1.165) is 25.0 Å². The first-order chi connectivity index (χ1) is 10.3. The van der Waals surface area contributed by atoms with Crippen LogP contribution in [-0.4, -0.2) is 51.1 Å². The summed E-state index contributed by atoms with van der Waals surface area (Å²) < 4.78 is 0. The molecule has 22 heavy (non-hydrogen) atoms. The second kappa shape index (κ2) is 14.5. The average molecular weight is 424 g/mol. The minimum atomic E-state index is 0. The summed E-state index contributed by atoms with van der Waals surface area (Å²) in [4.78, 5) is 6.71. The number of rotatable bonds is 10. The number of likely N-dealkylation sites (tertiary alicyclic amines) is 1. The van der Waals surface area contributed by atoms with Crippen molar-refractivity contribution in [1.82, 2.24) is 15.5 Å². The van der Waals surface area contributed by atoms with Crippen LogP contribution in [0, 0.1) is 5.92 Å². The standard InChI is InChI=1S/C17H36N4.HI/c1-4-5-6-7-8-9-10-12-19-17(18-2)20-14-16-11-13-21(3)15-16;/h16H,4-15H2,1-3H3,(H2,18,19,20);1H. The Balaban J connectivity index is 0.00000441. The maximum atomic E-state index is 4.31. The molecule has 0 spiro atoms. The van der Waals surface area contributed by atoms with Crippen LogP contribution in [0.5, 0.6) is 0 Å². The fourth-order valence-corrected chi connectivity index (χ4v) is 2.94. The Kier molecular flexibility index (Phi) is 14.5. The predicted octanol–water partition coefficient (Wildman–Crippen LogP) is 3.47. The summed E-state index contributed by atoms with van der Waals surface area (Å²) in [5.74, 6) is 1.74. The fourth-order valence-electron chi connectivity index (χ4n) is 2.94. The molecule has 4 nitrogen and oxygen atoms in total. The molecule has 0 amide bonds. The largest absolute Gasteiger partial charge is 0.356 e. The normalized spacial score (nSPS) is 19.0. The first-order valence-electron chi connectivity index (χ1n) is 8.89. The van der Waals surface area contributed by atoms with Gasteiger partial charge in [-0.05, 0) is 32.4 Å². The smallest absolute Gasteiger partial charge is 0.190 e. The Bertz CT molecular complexity index is 284. The van der Waals surface area contributed by atoms with Crippen LogP contribution >= 0.6 is 24.0 Å². The Morgan fingerprint density at radius 2 is 1.77 bits per heavy atom. The van der Waals surface area contributed by atoms with Gasteiger partial charge in [0.05, 0.1) is 0 Å². The summed E-state index contributed by atoms with van der Waals surface area (Å²) in [6.07, 6.45) is 10.8. The molecule has 0 bridgehead atoms. The second-order valence-electron chi connectivity index (χ2n) is 6.42. The third-order valence-electron chi connectivity index (χ3n) is 4.34. The van der Waals surface area contributed by atoms with Crippen LogP contribution in [0.2, 0.25) is 0 Å². The van der Waals surface area contributed by atoms with Crippen molar-refractivity contribution >= 4 is 29.9 Å². The van der Waals surface area contributed by atoms with Gasteiger partial charge in [-0.15, -0.1) is 24.0 Å². The maximum absolute atomic E-state index is 4.31. The average Bonchev–Trinajstić information content (AvgIpc) is 2.90. The van der Waals surface area contributed by atoms with Crippen molar-refractivity contribution < 1.29 is 0 Å². The van der Waals surface area contributed by atoms with E-state index in [-0.39, 0.29) is 24.0 Å². The summed E-state index contributed by atoms with van der Waals surface area (Å²) in [5, 5.41) is 6.89. The van der Waals surface area contributed by atoms with E-state index in [9.17, 15) is 0 Å². The zero-order chi connectivity index (χ0) is 15.3. The van der Waals surface area contributed by atoms with Gasteiger partial charge in [-0.2, -0.15) is 0 Å². The van der Waals surface area contributed by atoms with Gasteiger partial charge in [0.15, 0.2) is 5.96 Å². The molecule has 1 fully saturated rings. The van der Waals surface area contributed by atoms with Gasteiger partial charge >= 0.3 is 0 Å². The Labute approximate surface area is 154 Å². The molecule has 0 aromatic rings. The molecule has 1 aliphatic rings. The third kappa shape index (κ3) is 10.6. The minimum Gasteiger partial charge on any atom is -0.356 e. The molecule has 0 aromatic carbocycles. The summed E-state index contributed by atoms with van der Waals surface area (Å²) in [5.41, 5.74) is 0. The first-order valence-corrected chi connectivity index (χ1v) is 8.89. The number of hydrogen-bond acceptors (Lipinski definition) is 2. The van der Waals surface area contributed by atoms with Crippen LogP contribution in [0.15, 0.2) is 4.99 Å². The van der Waals surface area contributed by atoms with E-state index < -0.39 is 0 Å². The van der Waals surface area contributed by atoms with Gasteiger partial charge in [0.1, 0.15) is 0 Å². The fraction of sp³-hybridized carbons (Fsp3) is 0.941. The monoisotopic (exact) mass is 424 g/mol. The van der Waals surface area contributed by atoms with Crippen molar-refractivity contribution in [3.05, 3.63) is 0 Å². The highest BCUT2D eigenvalue weighted by molar-refractivity contribution is 14.0. The maximum Gasteiger partial charge on any atom is 0.190 e. The van der Waals surface area contributed by atoms with Crippen molar-refractivity contribution in [3.8, 4) is 0 Å². The lowest BCUT2D eigenvalue weighted by Gasteiger charge is -2.15. The van der Waals surface area contributed by atoms with E-state index in [1.165, 1.54) is 64.5 Å². The molecule has 5 heteroatoms. The first kappa shape index (κ1) is 22.0. The molecule has 1 aliphatic heterocycles. The van der Waals surface area contributed by atoms with Gasteiger partial charge in [0, 0.05) is 26.7 Å². The zero-order valence-electron chi connectivity index (χ0n) is 14.9. The lowest BCUT2D eigenvalue weighted by atomic mass is 10.1. The highest BCUT2D eigenvalue weighted by Crippen LogP contribution is 2.12. The third-order valence-corrected chi connectivity index (χ3v) is 4.34. The lowest BCUT2D eigenvalue weighted by Crippen LogP contribution is -2.40. The molecule has 0 saturated carbocycles. The van der Waals surface area contributed by atoms with Crippen LogP contribution in [0.3, 0.4) is 0 Å². The van der Waals surface area contributed by atoms with Crippen LogP contribution in [0.25, 0.3) is 0 Å². The summed E-state index contributed by atoms with van der Waals surface area (Å²) in [6, 6.07) is 0. The molecule has 1 heterocycles. The van der Waals surface area contributed by atoms with Gasteiger partial charge in [-0.25, -0.2) is 0 Å². The van der Waals surface area contributed by atoms with Gasteiger partial charge < -0.3 is 15.5 Å². The molecule has 132 valence electrons. The van der Waals surface area contributed by atoms with Crippen LogP contribution in [0.1, 0.15) is 58.3 Å². The van der Waals surface area contributed by atoms with E-state index in [1.807, 2.05) is 7.05 Å². The topological polar surface area (TPSA) is 39.7 Å². The lowest BCUT2D eigenvalue weighted by molar-refractivity contribution is 0.394. The molecule has 2 N–H and O–H groups in total. The quantitative estimate of drug-likeness (QED) is 0.244.